The SMILES string of the molecule is O=C(O)CNCC1CCCN(c2nc[nH]c(=O)c2Br)C1. The monoisotopic (exact) mass is 344 g/mol. The van der Waals surface area contributed by atoms with Crippen molar-refractivity contribution >= 4 is 27.7 Å². The molecule has 2 heterocycles. The van der Waals surface area contributed by atoms with Crippen molar-refractivity contribution < 1.29 is 9.90 Å². The molecular formula is C12H17BrN4O3. The number of aromatic nitrogens is 2. The van der Waals surface area contributed by atoms with Crippen molar-refractivity contribution in [2.75, 3.05) is 31.1 Å². The number of halogens is 1. The van der Waals surface area contributed by atoms with Crippen molar-refractivity contribution in [2.24, 2.45) is 5.92 Å². The van der Waals surface area contributed by atoms with Crippen LogP contribution in [0.4, 0.5) is 5.82 Å². The van der Waals surface area contributed by atoms with Crippen LogP contribution < -0.4 is 15.8 Å². The largest absolute Gasteiger partial charge is 0.480 e. The molecule has 7 nitrogen and oxygen atoms in total. The van der Waals surface area contributed by atoms with Crippen molar-refractivity contribution in [3.8, 4) is 0 Å². The molecular weight excluding hydrogens is 328 g/mol. The lowest BCUT2D eigenvalue weighted by Crippen LogP contribution is -2.41. The zero-order chi connectivity index (χ0) is 14.5. The smallest absolute Gasteiger partial charge is 0.317 e. The zero-order valence-electron chi connectivity index (χ0n) is 10.9. The molecule has 0 bridgehead atoms. The van der Waals surface area contributed by atoms with E-state index in [1.54, 1.807) is 0 Å². The van der Waals surface area contributed by atoms with Gasteiger partial charge in [0.05, 0.1) is 12.9 Å². The van der Waals surface area contributed by atoms with E-state index < -0.39 is 5.97 Å². The standard InChI is InChI=1S/C12H17BrN4O3/c13-10-11(15-7-16-12(10)20)17-3-1-2-8(6-17)4-14-5-9(18)19/h7-8,14H,1-6H2,(H,18,19)(H,15,16,20). The molecule has 110 valence electrons. The number of carboxylic acids is 1. The minimum absolute atomic E-state index is 0.0244. The third-order valence-corrected chi connectivity index (χ3v) is 4.02. The molecule has 1 unspecified atom stereocenters. The van der Waals surface area contributed by atoms with Crippen LogP contribution in [0.2, 0.25) is 0 Å². The molecule has 1 aromatic rings. The highest BCUT2D eigenvalue weighted by molar-refractivity contribution is 9.10. The van der Waals surface area contributed by atoms with E-state index in [1.165, 1.54) is 6.33 Å². The Morgan fingerprint density at radius 3 is 3.20 bits per heavy atom. The van der Waals surface area contributed by atoms with Gasteiger partial charge in [0.25, 0.3) is 5.56 Å². The van der Waals surface area contributed by atoms with Crippen LogP contribution in [0.5, 0.6) is 0 Å². The number of carboxylic acid groups (broad SMARTS) is 1. The first kappa shape index (κ1) is 15.0. The summed E-state index contributed by atoms with van der Waals surface area (Å²) in [5, 5.41) is 11.5. The van der Waals surface area contributed by atoms with E-state index in [2.05, 4.69) is 36.1 Å². The van der Waals surface area contributed by atoms with Crippen LogP contribution in [-0.4, -0.2) is 47.2 Å². The quantitative estimate of drug-likeness (QED) is 0.716. The van der Waals surface area contributed by atoms with Gasteiger partial charge in [-0.15, -0.1) is 0 Å². The first-order chi connectivity index (χ1) is 9.58. The molecule has 1 fully saturated rings. The number of nitrogens with zero attached hydrogens (tertiary/aromatic N) is 2. The molecule has 0 aromatic carbocycles. The predicted molar refractivity (Wildman–Crippen MR) is 78.0 cm³/mol. The van der Waals surface area contributed by atoms with Gasteiger partial charge in [-0.2, -0.15) is 0 Å². The summed E-state index contributed by atoms with van der Waals surface area (Å²) in [5.74, 6) is 0.157. The number of nitrogens with one attached hydrogen (secondary N) is 2. The molecule has 1 aliphatic heterocycles. The molecule has 1 aliphatic rings. The maximum Gasteiger partial charge on any atom is 0.317 e. The van der Waals surface area contributed by atoms with Crippen LogP contribution in [-0.2, 0) is 4.79 Å². The summed E-state index contributed by atoms with van der Waals surface area (Å²) in [5.41, 5.74) is -0.193. The van der Waals surface area contributed by atoms with E-state index in [-0.39, 0.29) is 12.1 Å². The molecule has 0 radical (unpaired) electrons. The van der Waals surface area contributed by atoms with Crippen LogP contribution in [0, 0.1) is 5.92 Å². The third-order valence-electron chi connectivity index (χ3n) is 3.31. The first-order valence-electron chi connectivity index (χ1n) is 6.48. The summed E-state index contributed by atoms with van der Waals surface area (Å²) in [4.78, 5) is 30.8. The fourth-order valence-corrected chi connectivity index (χ4v) is 2.87. The summed E-state index contributed by atoms with van der Waals surface area (Å²) in [7, 11) is 0. The minimum Gasteiger partial charge on any atom is -0.480 e. The summed E-state index contributed by atoms with van der Waals surface area (Å²) < 4.78 is 0.444. The summed E-state index contributed by atoms with van der Waals surface area (Å²) in [6.07, 6.45) is 3.44. The van der Waals surface area contributed by atoms with Crippen molar-refractivity contribution in [1.29, 1.82) is 0 Å². The van der Waals surface area contributed by atoms with Gasteiger partial charge in [0.15, 0.2) is 0 Å². The molecule has 20 heavy (non-hydrogen) atoms. The van der Waals surface area contributed by atoms with Gasteiger partial charge in [-0.3, -0.25) is 9.59 Å². The Labute approximate surface area is 124 Å². The molecule has 2 rings (SSSR count). The number of rotatable bonds is 5. The highest BCUT2D eigenvalue weighted by Crippen LogP contribution is 2.25. The highest BCUT2D eigenvalue weighted by Gasteiger charge is 2.23. The van der Waals surface area contributed by atoms with Crippen molar-refractivity contribution in [3.63, 3.8) is 0 Å². The number of carbonyl (C=O) groups is 1. The Kier molecular flexibility index (Phi) is 5.13. The van der Waals surface area contributed by atoms with Crippen LogP contribution in [0.1, 0.15) is 12.8 Å². The summed E-state index contributed by atoms with van der Waals surface area (Å²) in [6, 6.07) is 0. The molecule has 0 saturated carbocycles. The molecule has 0 aliphatic carbocycles. The number of aliphatic carboxylic acids is 1. The van der Waals surface area contributed by atoms with E-state index in [1.807, 2.05) is 0 Å². The molecule has 3 N–H and O–H groups in total. The maximum atomic E-state index is 11.6. The maximum absolute atomic E-state index is 11.6. The molecule has 1 aromatic heterocycles. The molecule has 0 amide bonds. The van der Waals surface area contributed by atoms with E-state index in [9.17, 15) is 9.59 Å². The highest BCUT2D eigenvalue weighted by atomic mass is 79.9. The van der Waals surface area contributed by atoms with Gasteiger partial charge in [-0.05, 0) is 34.7 Å². The van der Waals surface area contributed by atoms with E-state index in [4.69, 9.17) is 5.11 Å². The zero-order valence-corrected chi connectivity index (χ0v) is 12.5. The van der Waals surface area contributed by atoms with Crippen LogP contribution >= 0.6 is 15.9 Å². The Bertz CT molecular complexity index is 534. The first-order valence-corrected chi connectivity index (χ1v) is 7.28. The van der Waals surface area contributed by atoms with E-state index in [0.717, 1.165) is 25.9 Å². The normalized spacial score (nSPS) is 19.1. The van der Waals surface area contributed by atoms with Gasteiger partial charge in [0.1, 0.15) is 10.3 Å². The van der Waals surface area contributed by atoms with Gasteiger partial charge >= 0.3 is 5.97 Å². The number of hydrogen-bond donors (Lipinski definition) is 3. The topological polar surface area (TPSA) is 98.3 Å². The summed E-state index contributed by atoms with van der Waals surface area (Å²) in [6.45, 7) is 2.25. The number of aromatic amines is 1. The predicted octanol–water partition coefficient (Wildman–Crippen LogP) is 0.423. The van der Waals surface area contributed by atoms with Crippen LogP contribution in [0.3, 0.4) is 0 Å². The number of hydrogen-bond acceptors (Lipinski definition) is 5. The molecule has 1 atom stereocenters. The van der Waals surface area contributed by atoms with Crippen LogP contribution in [0.15, 0.2) is 15.6 Å². The van der Waals surface area contributed by atoms with Gasteiger partial charge < -0.3 is 20.3 Å². The van der Waals surface area contributed by atoms with Crippen molar-refractivity contribution in [3.05, 3.63) is 21.2 Å². The number of H-pyrrole nitrogens is 1. The lowest BCUT2D eigenvalue weighted by Gasteiger charge is -2.33. The fourth-order valence-electron chi connectivity index (χ4n) is 2.40. The second kappa shape index (κ2) is 6.85. The van der Waals surface area contributed by atoms with Gasteiger partial charge in [-0.25, -0.2) is 4.98 Å². The average Bonchev–Trinajstić information content (AvgIpc) is 2.42. The minimum atomic E-state index is -0.850. The van der Waals surface area contributed by atoms with Gasteiger partial charge in [0.2, 0.25) is 0 Å². The number of piperidine rings is 1. The van der Waals surface area contributed by atoms with E-state index in [0.29, 0.717) is 22.8 Å². The third kappa shape index (κ3) is 3.80. The Hall–Kier alpha value is -1.41. The second-order valence-corrected chi connectivity index (χ2v) is 5.64. The average molecular weight is 345 g/mol. The van der Waals surface area contributed by atoms with Crippen LogP contribution in [0.25, 0.3) is 0 Å². The van der Waals surface area contributed by atoms with Crippen molar-refractivity contribution in [1.82, 2.24) is 15.3 Å². The lowest BCUT2D eigenvalue weighted by atomic mass is 9.98. The van der Waals surface area contributed by atoms with E-state index >= 15 is 0 Å². The Balaban J connectivity index is 1.98. The Morgan fingerprint density at radius 1 is 1.65 bits per heavy atom. The lowest BCUT2D eigenvalue weighted by molar-refractivity contribution is -0.136. The van der Waals surface area contributed by atoms with Crippen molar-refractivity contribution in [2.45, 2.75) is 12.8 Å². The fraction of sp³-hybridized carbons (Fsp3) is 0.583. The molecule has 0 spiro atoms. The second-order valence-electron chi connectivity index (χ2n) is 4.85. The number of anilines is 1. The van der Waals surface area contributed by atoms with Gasteiger partial charge in [-0.1, -0.05) is 0 Å². The Morgan fingerprint density at radius 2 is 2.45 bits per heavy atom. The van der Waals surface area contributed by atoms with Gasteiger partial charge in [0, 0.05) is 19.6 Å². The summed E-state index contributed by atoms with van der Waals surface area (Å²) >= 11 is 3.27. The molecule has 1 saturated heterocycles. The molecule has 8 heteroatoms.